The number of nitrogens with two attached hydrogens (primary N) is 1. The van der Waals surface area contributed by atoms with Crippen LogP contribution in [0.2, 0.25) is 0 Å². The number of primary amides is 1. The summed E-state index contributed by atoms with van der Waals surface area (Å²) in [6, 6.07) is 2.70. The van der Waals surface area contributed by atoms with E-state index in [0.717, 1.165) is 0 Å². The summed E-state index contributed by atoms with van der Waals surface area (Å²) >= 11 is 0. The van der Waals surface area contributed by atoms with Gasteiger partial charge in [0.15, 0.2) is 6.29 Å². The molecular formula is C10H5F3N2O2. The number of benzene rings is 1. The van der Waals surface area contributed by atoms with Crippen molar-refractivity contribution in [3.63, 3.8) is 0 Å². The molecule has 0 heterocycles. The Morgan fingerprint density at radius 3 is 2.35 bits per heavy atom. The molecule has 0 fully saturated rings. The van der Waals surface area contributed by atoms with Gasteiger partial charge in [0, 0.05) is 11.1 Å². The van der Waals surface area contributed by atoms with E-state index in [-0.39, 0.29) is 11.8 Å². The SMILES string of the molecule is N#Cc1cc(C(N)=O)cc(C=O)c1C(F)(F)F. The number of halogens is 3. The monoisotopic (exact) mass is 242 g/mol. The molecule has 2 N–H and O–H groups in total. The van der Waals surface area contributed by atoms with E-state index >= 15 is 0 Å². The molecule has 1 amide bonds. The number of carbonyl (C=O) groups is 2. The maximum Gasteiger partial charge on any atom is 0.418 e. The summed E-state index contributed by atoms with van der Waals surface area (Å²) in [7, 11) is 0. The molecule has 1 rings (SSSR count). The predicted molar refractivity (Wildman–Crippen MR) is 50.1 cm³/mol. The summed E-state index contributed by atoms with van der Waals surface area (Å²) < 4.78 is 37.8. The molecule has 0 bridgehead atoms. The van der Waals surface area contributed by atoms with Crippen molar-refractivity contribution in [2.75, 3.05) is 0 Å². The Bertz CT molecular complexity index is 530. The quantitative estimate of drug-likeness (QED) is 0.797. The Morgan fingerprint density at radius 1 is 1.41 bits per heavy atom. The van der Waals surface area contributed by atoms with Crippen LogP contribution in [0.4, 0.5) is 13.2 Å². The first-order valence-corrected chi connectivity index (χ1v) is 4.21. The van der Waals surface area contributed by atoms with E-state index < -0.39 is 28.8 Å². The van der Waals surface area contributed by atoms with Gasteiger partial charge in [0.25, 0.3) is 0 Å². The van der Waals surface area contributed by atoms with E-state index in [1.807, 2.05) is 0 Å². The van der Waals surface area contributed by atoms with E-state index in [4.69, 9.17) is 11.0 Å². The molecule has 17 heavy (non-hydrogen) atoms. The maximum atomic E-state index is 12.6. The third kappa shape index (κ3) is 2.42. The molecule has 1 aromatic rings. The lowest BCUT2D eigenvalue weighted by atomic mass is 9.98. The average molecular weight is 242 g/mol. The van der Waals surface area contributed by atoms with Crippen molar-refractivity contribution < 1.29 is 22.8 Å². The molecule has 0 unspecified atom stereocenters. The van der Waals surface area contributed by atoms with Crippen molar-refractivity contribution in [3.8, 4) is 6.07 Å². The van der Waals surface area contributed by atoms with Gasteiger partial charge in [0.2, 0.25) is 5.91 Å². The molecule has 7 heteroatoms. The highest BCUT2D eigenvalue weighted by Crippen LogP contribution is 2.34. The molecule has 88 valence electrons. The van der Waals surface area contributed by atoms with Gasteiger partial charge < -0.3 is 5.73 Å². The van der Waals surface area contributed by atoms with Crippen LogP contribution < -0.4 is 5.73 Å². The van der Waals surface area contributed by atoms with Crippen LogP contribution in [0.15, 0.2) is 12.1 Å². The number of hydrogen-bond acceptors (Lipinski definition) is 3. The standard InChI is InChI=1S/C10H5F3N2O2/c11-10(12,13)8-6(3-14)1-5(9(15)17)2-7(8)4-16/h1-2,4H,(H2,15,17). The van der Waals surface area contributed by atoms with Gasteiger partial charge in [-0.1, -0.05) is 0 Å². The Labute approximate surface area is 93.4 Å². The fourth-order valence-electron chi connectivity index (χ4n) is 1.30. The van der Waals surface area contributed by atoms with Crippen LogP contribution in [-0.2, 0) is 6.18 Å². The van der Waals surface area contributed by atoms with Crippen molar-refractivity contribution in [2.45, 2.75) is 6.18 Å². The van der Waals surface area contributed by atoms with Gasteiger partial charge in [0.1, 0.15) is 0 Å². The molecule has 0 radical (unpaired) electrons. The molecule has 0 spiro atoms. The van der Waals surface area contributed by atoms with Crippen LogP contribution in [0, 0.1) is 11.3 Å². The molecule has 0 aliphatic carbocycles. The number of hydrogen-bond donors (Lipinski definition) is 1. The second-order valence-electron chi connectivity index (χ2n) is 3.08. The van der Waals surface area contributed by atoms with Crippen LogP contribution in [0.25, 0.3) is 0 Å². The first-order valence-electron chi connectivity index (χ1n) is 4.21. The van der Waals surface area contributed by atoms with E-state index in [0.29, 0.717) is 12.1 Å². The van der Waals surface area contributed by atoms with Gasteiger partial charge in [-0.15, -0.1) is 0 Å². The van der Waals surface area contributed by atoms with Crippen LogP contribution >= 0.6 is 0 Å². The zero-order chi connectivity index (χ0) is 13.2. The topological polar surface area (TPSA) is 83.9 Å². The smallest absolute Gasteiger partial charge is 0.366 e. The highest BCUT2D eigenvalue weighted by Gasteiger charge is 2.37. The minimum Gasteiger partial charge on any atom is -0.366 e. The molecule has 0 aliphatic heterocycles. The fourth-order valence-corrected chi connectivity index (χ4v) is 1.30. The summed E-state index contributed by atoms with van der Waals surface area (Å²) in [5, 5.41) is 8.59. The zero-order valence-corrected chi connectivity index (χ0v) is 8.21. The number of rotatable bonds is 2. The molecule has 0 atom stereocenters. The van der Waals surface area contributed by atoms with Crippen molar-refractivity contribution in [1.29, 1.82) is 5.26 Å². The summed E-state index contributed by atoms with van der Waals surface area (Å²) in [6.45, 7) is 0. The number of carbonyl (C=O) groups excluding carboxylic acids is 2. The lowest BCUT2D eigenvalue weighted by Crippen LogP contribution is -2.16. The zero-order valence-electron chi connectivity index (χ0n) is 8.21. The van der Waals surface area contributed by atoms with Crippen LogP contribution in [0.1, 0.15) is 31.8 Å². The third-order valence-electron chi connectivity index (χ3n) is 1.98. The third-order valence-corrected chi connectivity index (χ3v) is 1.98. The Morgan fingerprint density at radius 2 is 2.00 bits per heavy atom. The van der Waals surface area contributed by atoms with Crippen LogP contribution in [-0.4, -0.2) is 12.2 Å². The number of aldehydes is 1. The number of alkyl halides is 3. The molecule has 0 aromatic heterocycles. The Kier molecular flexibility index (Phi) is 3.18. The van der Waals surface area contributed by atoms with Crippen LogP contribution in [0.3, 0.4) is 0 Å². The largest absolute Gasteiger partial charge is 0.418 e. The lowest BCUT2D eigenvalue weighted by molar-refractivity contribution is -0.138. The van der Waals surface area contributed by atoms with Crippen molar-refractivity contribution in [1.82, 2.24) is 0 Å². The lowest BCUT2D eigenvalue weighted by Gasteiger charge is -2.12. The van der Waals surface area contributed by atoms with Gasteiger partial charge in [0.05, 0.1) is 17.2 Å². The second kappa shape index (κ2) is 4.25. The minimum atomic E-state index is -4.85. The Balaban J connectivity index is 3.66. The molecule has 4 nitrogen and oxygen atoms in total. The highest BCUT2D eigenvalue weighted by atomic mass is 19.4. The molecular weight excluding hydrogens is 237 g/mol. The van der Waals surface area contributed by atoms with Crippen molar-refractivity contribution in [3.05, 3.63) is 34.4 Å². The molecule has 0 aliphatic rings. The Hall–Kier alpha value is -2.36. The molecule has 0 saturated heterocycles. The normalized spacial score (nSPS) is 10.7. The van der Waals surface area contributed by atoms with Crippen LogP contribution in [0.5, 0.6) is 0 Å². The first kappa shape index (κ1) is 12.7. The van der Waals surface area contributed by atoms with Gasteiger partial charge >= 0.3 is 6.18 Å². The van der Waals surface area contributed by atoms with E-state index in [1.165, 1.54) is 6.07 Å². The summed E-state index contributed by atoms with van der Waals surface area (Å²) in [5.74, 6) is -1.02. The van der Waals surface area contributed by atoms with E-state index in [9.17, 15) is 22.8 Å². The van der Waals surface area contributed by atoms with Gasteiger partial charge in [-0.3, -0.25) is 9.59 Å². The van der Waals surface area contributed by atoms with Gasteiger partial charge in [-0.25, -0.2) is 0 Å². The predicted octanol–water partition coefficient (Wildman–Crippen LogP) is 1.49. The van der Waals surface area contributed by atoms with E-state index in [1.54, 1.807) is 0 Å². The highest BCUT2D eigenvalue weighted by molar-refractivity contribution is 5.95. The maximum absolute atomic E-state index is 12.6. The number of amides is 1. The summed E-state index contributed by atoms with van der Waals surface area (Å²) in [5.41, 5.74) is 1.59. The van der Waals surface area contributed by atoms with Crippen molar-refractivity contribution in [2.24, 2.45) is 5.73 Å². The molecule has 1 aromatic carbocycles. The van der Waals surface area contributed by atoms with Gasteiger partial charge in [-0.05, 0) is 12.1 Å². The minimum absolute atomic E-state index is 0.0733. The summed E-state index contributed by atoms with van der Waals surface area (Å²) in [4.78, 5) is 21.4. The number of nitrogens with zero attached hydrogens (tertiary/aromatic N) is 1. The second-order valence-corrected chi connectivity index (χ2v) is 3.08. The molecule has 0 saturated carbocycles. The van der Waals surface area contributed by atoms with E-state index in [2.05, 4.69) is 0 Å². The fraction of sp³-hybridized carbons (Fsp3) is 0.100. The average Bonchev–Trinajstić information content (AvgIpc) is 2.25. The van der Waals surface area contributed by atoms with Gasteiger partial charge in [-0.2, -0.15) is 18.4 Å². The number of nitriles is 1. The van der Waals surface area contributed by atoms with Crippen molar-refractivity contribution >= 4 is 12.2 Å². The summed E-state index contributed by atoms with van der Waals surface area (Å²) in [6.07, 6.45) is -4.92. The first-order chi connectivity index (χ1) is 7.81.